The van der Waals surface area contributed by atoms with E-state index >= 15 is 0 Å². The van der Waals surface area contributed by atoms with E-state index in [1.54, 1.807) is 0 Å². The summed E-state index contributed by atoms with van der Waals surface area (Å²) in [5, 5.41) is 0. The Bertz CT molecular complexity index is 1370. The van der Waals surface area contributed by atoms with Crippen molar-refractivity contribution in [2.75, 3.05) is 13.2 Å². The van der Waals surface area contributed by atoms with Gasteiger partial charge >= 0.3 is 17.9 Å². The molecule has 0 heterocycles. The molecule has 1 atom stereocenters. The van der Waals surface area contributed by atoms with Gasteiger partial charge in [-0.2, -0.15) is 0 Å². The summed E-state index contributed by atoms with van der Waals surface area (Å²) in [6.07, 6.45) is 77.2. The molecule has 0 rings (SSSR count). The fourth-order valence-electron chi connectivity index (χ4n) is 8.43. The van der Waals surface area contributed by atoms with Gasteiger partial charge in [0.25, 0.3) is 0 Å². The molecule has 0 amide bonds. The molecule has 0 aliphatic rings. The standard InChI is InChI=1S/C65H112O6/c1-4-7-10-13-16-19-22-25-28-30-31-32-33-34-35-36-38-40-43-46-49-52-55-58-64(67)70-61-62(60-69-63(66)57-54-51-48-45-42-39-27-24-21-18-15-12-9-6-3)71-65(68)59-56-53-50-47-44-41-37-29-26-23-20-17-14-11-8-5-2/h7,10,16,19,25,28,31-32,34-35,38,40,46,49,62H,4-6,8-9,11-15,17-18,20-24,26-27,29-30,33,36-37,39,41-45,47-48,50-61H2,1-3H3/b10-7-,19-16-,28-25-,32-31-,35-34-,40-38-,49-46-. The molecule has 0 bridgehead atoms. The number of esters is 3. The van der Waals surface area contributed by atoms with Crippen LogP contribution in [0.3, 0.4) is 0 Å². The SMILES string of the molecule is CC/C=C\C/C=C\C/C=C\C/C=C\C/C=C\C/C=C\C/C=C\CCCC(=O)OCC(COC(=O)CCCCCCCCCCCCCCCC)OC(=O)CCCCCCCCCCCCCCCCCC. The summed E-state index contributed by atoms with van der Waals surface area (Å²) in [6.45, 7) is 6.51. The van der Waals surface area contributed by atoms with E-state index < -0.39 is 6.10 Å². The molecule has 0 saturated heterocycles. The van der Waals surface area contributed by atoms with Crippen LogP contribution in [0.2, 0.25) is 0 Å². The molecule has 0 fully saturated rings. The van der Waals surface area contributed by atoms with E-state index in [-0.39, 0.29) is 37.5 Å². The number of hydrogen-bond donors (Lipinski definition) is 0. The maximum Gasteiger partial charge on any atom is 0.306 e. The number of ether oxygens (including phenoxy) is 3. The van der Waals surface area contributed by atoms with Crippen molar-refractivity contribution in [3.05, 3.63) is 85.1 Å². The molecule has 0 saturated carbocycles. The van der Waals surface area contributed by atoms with Gasteiger partial charge in [0.05, 0.1) is 0 Å². The molecule has 0 aliphatic carbocycles. The van der Waals surface area contributed by atoms with Crippen LogP contribution >= 0.6 is 0 Å². The molecule has 0 radical (unpaired) electrons. The predicted octanol–water partition coefficient (Wildman–Crippen LogP) is 20.3. The summed E-state index contributed by atoms with van der Waals surface area (Å²) < 4.78 is 16.8. The van der Waals surface area contributed by atoms with Crippen LogP contribution in [0.15, 0.2) is 85.1 Å². The van der Waals surface area contributed by atoms with Gasteiger partial charge in [-0.1, -0.05) is 286 Å². The lowest BCUT2D eigenvalue weighted by molar-refractivity contribution is -0.167. The minimum absolute atomic E-state index is 0.0905. The van der Waals surface area contributed by atoms with Crippen molar-refractivity contribution >= 4 is 17.9 Å². The second kappa shape index (κ2) is 59.2. The molecule has 408 valence electrons. The monoisotopic (exact) mass is 989 g/mol. The van der Waals surface area contributed by atoms with Gasteiger partial charge in [-0.05, 0) is 70.6 Å². The normalized spacial score (nSPS) is 12.7. The Morgan fingerprint density at radius 2 is 0.549 bits per heavy atom. The van der Waals surface area contributed by atoms with Crippen molar-refractivity contribution in [3.63, 3.8) is 0 Å². The molecule has 0 aromatic carbocycles. The smallest absolute Gasteiger partial charge is 0.306 e. The molecule has 0 spiro atoms. The summed E-state index contributed by atoms with van der Waals surface area (Å²) in [6, 6.07) is 0. The first-order valence-electron chi connectivity index (χ1n) is 30.1. The molecular formula is C65H112O6. The molecule has 0 N–H and O–H groups in total. The van der Waals surface area contributed by atoms with E-state index in [2.05, 4.69) is 106 Å². The van der Waals surface area contributed by atoms with Crippen LogP contribution in [0.4, 0.5) is 0 Å². The quantitative estimate of drug-likeness (QED) is 0.0261. The van der Waals surface area contributed by atoms with Crippen LogP contribution in [-0.4, -0.2) is 37.2 Å². The number of carbonyl (C=O) groups excluding carboxylic acids is 3. The second-order valence-electron chi connectivity index (χ2n) is 19.9. The van der Waals surface area contributed by atoms with Crippen LogP contribution < -0.4 is 0 Å². The van der Waals surface area contributed by atoms with Crippen molar-refractivity contribution < 1.29 is 28.6 Å². The lowest BCUT2D eigenvalue weighted by Gasteiger charge is -2.18. The lowest BCUT2D eigenvalue weighted by Crippen LogP contribution is -2.30. The van der Waals surface area contributed by atoms with E-state index in [9.17, 15) is 14.4 Å². The minimum Gasteiger partial charge on any atom is -0.462 e. The molecule has 0 aromatic rings. The lowest BCUT2D eigenvalue weighted by atomic mass is 10.0. The summed E-state index contributed by atoms with van der Waals surface area (Å²) >= 11 is 0. The molecule has 71 heavy (non-hydrogen) atoms. The van der Waals surface area contributed by atoms with Crippen LogP contribution in [0.5, 0.6) is 0 Å². The molecule has 0 aliphatic heterocycles. The highest BCUT2D eigenvalue weighted by molar-refractivity contribution is 5.71. The average molecular weight is 990 g/mol. The number of unbranched alkanes of at least 4 members (excludes halogenated alkanes) is 29. The Labute approximate surface area is 439 Å². The Morgan fingerprint density at radius 1 is 0.296 bits per heavy atom. The summed E-state index contributed by atoms with van der Waals surface area (Å²) in [4.78, 5) is 38.2. The zero-order valence-electron chi connectivity index (χ0n) is 46.7. The van der Waals surface area contributed by atoms with Gasteiger partial charge < -0.3 is 14.2 Å². The Hall–Kier alpha value is -3.41. The summed E-state index contributed by atoms with van der Waals surface area (Å²) in [5.41, 5.74) is 0. The Morgan fingerprint density at radius 3 is 0.859 bits per heavy atom. The van der Waals surface area contributed by atoms with E-state index in [0.29, 0.717) is 19.3 Å². The molecule has 1 unspecified atom stereocenters. The highest BCUT2D eigenvalue weighted by Gasteiger charge is 2.19. The molecule has 6 nitrogen and oxygen atoms in total. The Balaban J connectivity index is 4.44. The van der Waals surface area contributed by atoms with Gasteiger partial charge in [0.1, 0.15) is 13.2 Å². The summed E-state index contributed by atoms with van der Waals surface area (Å²) in [5.74, 6) is -0.940. The van der Waals surface area contributed by atoms with Crippen molar-refractivity contribution in [2.24, 2.45) is 0 Å². The Kier molecular flexibility index (Phi) is 56.3. The van der Waals surface area contributed by atoms with Crippen molar-refractivity contribution in [1.29, 1.82) is 0 Å². The number of allylic oxidation sites excluding steroid dienone is 14. The zero-order chi connectivity index (χ0) is 51.4. The fraction of sp³-hybridized carbons (Fsp3) is 0.738. The maximum atomic E-state index is 12.9. The van der Waals surface area contributed by atoms with Gasteiger partial charge in [0.15, 0.2) is 6.10 Å². The predicted molar refractivity (Wildman–Crippen MR) is 307 cm³/mol. The van der Waals surface area contributed by atoms with Crippen molar-refractivity contribution in [3.8, 4) is 0 Å². The number of rotatable bonds is 54. The third-order valence-corrected chi connectivity index (χ3v) is 12.9. The first-order valence-corrected chi connectivity index (χ1v) is 30.1. The zero-order valence-corrected chi connectivity index (χ0v) is 46.7. The average Bonchev–Trinajstić information content (AvgIpc) is 3.37. The van der Waals surface area contributed by atoms with Crippen LogP contribution in [0.25, 0.3) is 0 Å². The third kappa shape index (κ3) is 57.4. The van der Waals surface area contributed by atoms with E-state index in [4.69, 9.17) is 14.2 Å². The van der Waals surface area contributed by atoms with E-state index in [1.807, 2.05) is 0 Å². The van der Waals surface area contributed by atoms with Gasteiger partial charge in [-0.15, -0.1) is 0 Å². The second-order valence-corrected chi connectivity index (χ2v) is 19.9. The van der Waals surface area contributed by atoms with Gasteiger partial charge in [0, 0.05) is 19.3 Å². The third-order valence-electron chi connectivity index (χ3n) is 12.9. The van der Waals surface area contributed by atoms with E-state index in [0.717, 1.165) is 89.9 Å². The maximum absolute atomic E-state index is 12.9. The first kappa shape index (κ1) is 67.6. The van der Waals surface area contributed by atoms with Crippen LogP contribution in [0, 0.1) is 0 Å². The molecular weight excluding hydrogens is 877 g/mol. The van der Waals surface area contributed by atoms with Crippen molar-refractivity contribution in [2.45, 2.75) is 297 Å². The van der Waals surface area contributed by atoms with Crippen LogP contribution in [0.1, 0.15) is 290 Å². The van der Waals surface area contributed by atoms with Gasteiger partial charge in [-0.3, -0.25) is 14.4 Å². The van der Waals surface area contributed by atoms with E-state index in [1.165, 1.54) is 154 Å². The largest absolute Gasteiger partial charge is 0.462 e. The highest BCUT2D eigenvalue weighted by atomic mass is 16.6. The van der Waals surface area contributed by atoms with Crippen LogP contribution in [-0.2, 0) is 28.6 Å². The topological polar surface area (TPSA) is 78.9 Å². The highest BCUT2D eigenvalue weighted by Crippen LogP contribution is 2.16. The minimum atomic E-state index is -0.797. The number of hydrogen-bond acceptors (Lipinski definition) is 6. The molecule has 0 aromatic heterocycles. The fourth-order valence-corrected chi connectivity index (χ4v) is 8.43. The molecule has 6 heteroatoms. The van der Waals surface area contributed by atoms with Crippen molar-refractivity contribution in [1.82, 2.24) is 0 Å². The van der Waals surface area contributed by atoms with Gasteiger partial charge in [-0.25, -0.2) is 0 Å². The summed E-state index contributed by atoms with van der Waals surface area (Å²) in [7, 11) is 0. The first-order chi connectivity index (χ1) is 35.0. The van der Waals surface area contributed by atoms with Gasteiger partial charge in [0.2, 0.25) is 0 Å². The number of carbonyl (C=O) groups is 3.